The standard InChI is InChI=1S/C17H16INO4S2/c1-11-5-7-12(8-6-11)25(21,22)19-14(17(20)23-2)10-13(18)16(19)15-4-3-9-24-15/h3-9,14H,10H2,1-2H3. The topological polar surface area (TPSA) is 63.7 Å². The minimum Gasteiger partial charge on any atom is -0.467 e. The summed E-state index contributed by atoms with van der Waals surface area (Å²) < 4.78 is 33.5. The first-order valence-electron chi connectivity index (χ1n) is 7.47. The lowest BCUT2D eigenvalue weighted by atomic mass is 10.2. The Balaban J connectivity index is 2.15. The number of esters is 1. The van der Waals surface area contributed by atoms with Crippen LogP contribution in [0.25, 0.3) is 5.70 Å². The summed E-state index contributed by atoms with van der Waals surface area (Å²) in [5.41, 5.74) is 1.53. The highest BCUT2D eigenvalue weighted by Crippen LogP contribution is 2.44. The van der Waals surface area contributed by atoms with Crippen LogP contribution in [0.2, 0.25) is 0 Å². The molecule has 1 unspecified atom stereocenters. The molecule has 1 atom stereocenters. The summed E-state index contributed by atoms with van der Waals surface area (Å²) in [6.07, 6.45) is 0.311. The predicted octanol–water partition coefficient (Wildman–Crippen LogP) is 3.80. The van der Waals surface area contributed by atoms with Crippen LogP contribution in [-0.2, 0) is 19.6 Å². The highest BCUT2D eigenvalue weighted by atomic mass is 127. The van der Waals surface area contributed by atoms with Crippen molar-refractivity contribution in [3.05, 3.63) is 55.8 Å². The molecule has 0 bridgehead atoms. The predicted molar refractivity (Wildman–Crippen MR) is 106 cm³/mol. The number of sulfonamides is 1. The van der Waals surface area contributed by atoms with Crippen molar-refractivity contribution in [2.75, 3.05) is 7.11 Å². The largest absolute Gasteiger partial charge is 0.467 e. The lowest BCUT2D eigenvalue weighted by Crippen LogP contribution is -2.41. The molecular weight excluding hydrogens is 473 g/mol. The maximum atomic E-state index is 13.3. The Hall–Kier alpha value is -1.39. The van der Waals surface area contributed by atoms with Gasteiger partial charge in [-0.2, -0.15) is 0 Å². The van der Waals surface area contributed by atoms with E-state index in [1.165, 1.54) is 22.8 Å². The van der Waals surface area contributed by atoms with Gasteiger partial charge in [0.05, 0.1) is 22.6 Å². The Kier molecular flexibility index (Phi) is 5.21. The van der Waals surface area contributed by atoms with Gasteiger partial charge in [-0.25, -0.2) is 17.5 Å². The Morgan fingerprint density at radius 3 is 2.52 bits per heavy atom. The van der Waals surface area contributed by atoms with E-state index in [1.807, 2.05) is 24.4 Å². The summed E-state index contributed by atoms with van der Waals surface area (Å²) in [6.45, 7) is 1.89. The van der Waals surface area contributed by atoms with E-state index in [9.17, 15) is 13.2 Å². The van der Waals surface area contributed by atoms with Gasteiger partial charge in [0.25, 0.3) is 10.0 Å². The van der Waals surface area contributed by atoms with Crippen LogP contribution in [0.1, 0.15) is 16.9 Å². The third-order valence-corrected chi connectivity index (χ3v) is 7.59. The van der Waals surface area contributed by atoms with Crippen molar-refractivity contribution < 1.29 is 17.9 Å². The summed E-state index contributed by atoms with van der Waals surface area (Å²) in [4.78, 5) is 13.2. The van der Waals surface area contributed by atoms with Gasteiger partial charge in [-0.3, -0.25) is 0 Å². The summed E-state index contributed by atoms with van der Waals surface area (Å²) >= 11 is 3.55. The molecule has 0 spiro atoms. The lowest BCUT2D eigenvalue weighted by molar-refractivity contribution is -0.144. The Bertz CT molecular complexity index is 918. The van der Waals surface area contributed by atoms with Gasteiger partial charge in [0.1, 0.15) is 6.04 Å². The molecule has 0 amide bonds. The average molecular weight is 489 g/mol. The van der Waals surface area contributed by atoms with Crippen LogP contribution in [0.15, 0.2) is 50.3 Å². The van der Waals surface area contributed by atoms with Crippen LogP contribution in [0.4, 0.5) is 0 Å². The molecule has 1 aromatic carbocycles. The van der Waals surface area contributed by atoms with E-state index in [0.717, 1.165) is 14.0 Å². The van der Waals surface area contributed by atoms with Crippen LogP contribution in [-0.4, -0.2) is 31.8 Å². The molecule has 2 aromatic rings. The molecule has 0 radical (unpaired) electrons. The molecule has 1 aliphatic heterocycles. The van der Waals surface area contributed by atoms with Crippen molar-refractivity contribution in [3.8, 4) is 0 Å². The van der Waals surface area contributed by atoms with E-state index < -0.39 is 22.0 Å². The number of ether oxygens (including phenoxy) is 1. The monoisotopic (exact) mass is 489 g/mol. The van der Waals surface area contributed by atoms with Crippen molar-refractivity contribution in [2.45, 2.75) is 24.3 Å². The molecule has 8 heteroatoms. The number of nitrogens with zero attached hydrogens (tertiary/aromatic N) is 1. The first kappa shape index (κ1) is 18.4. The number of rotatable bonds is 4. The molecule has 0 fully saturated rings. The Labute approximate surface area is 164 Å². The SMILES string of the molecule is COC(=O)C1CC(I)=C(c2cccs2)N1S(=O)(=O)c1ccc(C)cc1. The molecule has 1 aromatic heterocycles. The first-order chi connectivity index (χ1) is 11.9. The van der Waals surface area contributed by atoms with Crippen LogP contribution in [0.5, 0.6) is 0 Å². The van der Waals surface area contributed by atoms with Crippen molar-refractivity contribution >= 4 is 55.6 Å². The molecule has 132 valence electrons. The van der Waals surface area contributed by atoms with E-state index in [4.69, 9.17) is 4.74 Å². The molecule has 25 heavy (non-hydrogen) atoms. The molecule has 5 nitrogen and oxygen atoms in total. The van der Waals surface area contributed by atoms with E-state index in [-0.39, 0.29) is 4.90 Å². The fraction of sp³-hybridized carbons (Fsp3) is 0.235. The van der Waals surface area contributed by atoms with E-state index in [1.54, 1.807) is 24.3 Å². The van der Waals surface area contributed by atoms with Crippen molar-refractivity contribution in [2.24, 2.45) is 0 Å². The first-order valence-corrected chi connectivity index (χ1v) is 10.9. The molecule has 0 aliphatic carbocycles. The van der Waals surface area contributed by atoms with Gasteiger partial charge in [0, 0.05) is 10.0 Å². The van der Waals surface area contributed by atoms with Crippen LogP contribution in [0, 0.1) is 6.92 Å². The quantitative estimate of drug-likeness (QED) is 0.485. The van der Waals surface area contributed by atoms with E-state index in [2.05, 4.69) is 22.6 Å². The second kappa shape index (κ2) is 7.08. The van der Waals surface area contributed by atoms with Gasteiger partial charge >= 0.3 is 5.97 Å². The third-order valence-electron chi connectivity index (χ3n) is 3.94. The van der Waals surface area contributed by atoms with Gasteiger partial charge in [-0.15, -0.1) is 11.3 Å². The number of benzene rings is 1. The minimum absolute atomic E-state index is 0.159. The fourth-order valence-electron chi connectivity index (χ4n) is 2.71. The molecule has 0 saturated carbocycles. The van der Waals surface area contributed by atoms with E-state index in [0.29, 0.717) is 12.1 Å². The molecular formula is C17H16INO4S2. The minimum atomic E-state index is -3.89. The third kappa shape index (κ3) is 3.34. The molecule has 3 rings (SSSR count). The van der Waals surface area contributed by atoms with Gasteiger partial charge in [0.15, 0.2) is 0 Å². The van der Waals surface area contributed by atoms with Gasteiger partial charge in [0.2, 0.25) is 0 Å². The fourth-order valence-corrected chi connectivity index (χ4v) is 6.52. The maximum Gasteiger partial charge on any atom is 0.330 e. The average Bonchev–Trinajstić information content (AvgIpc) is 3.21. The zero-order valence-corrected chi connectivity index (χ0v) is 17.4. The van der Waals surface area contributed by atoms with Gasteiger partial charge in [-0.1, -0.05) is 23.8 Å². The summed E-state index contributed by atoms with van der Waals surface area (Å²) in [5, 5.41) is 1.88. The van der Waals surface area contributed by atoms with Crippen molar-refractivity contribution in [1.29, 1.82) is 0 Å². The molecule has 0 saturated heterocycles. The normalized spacial score (nSPS) is 17.9. The number of hydrogen-bond donors (Lipinski definition) is 0. The number of hydrogen-bond acceptors (Lipinski definition) is 5. The molecule has 0 N–H and O–H groups in total. The van der Waals surface area contributed by atoms with Crippen molar-refractivity contribution in [3.63, 3.8) is 0 Å². The summed E-state index contributed by atoms with van der Waals surface area (Å²) in [7, 11) is -2.62. The van der Waals surface area contributed by atoms with Crippen LogP contribution >= 0.6 is 33.9 Å². The number of thiophene rings is 1. The number of halogens is 1. The van der Waals surface area contributed by atoms with Gasteiger partial charge < -0.3 is 4.74 Å². The van der Waals surface area contributed by atoms with Crippen LogP contribution < -0.4 is 0 Å². The smallest absolute Gasteiger partial charge is 0.330 e. The van der Waals surface area contributed by atoms with E-state index >= 15 is 0 Å². The number of carbonyl (C=O) groups is 1. The second-order valence-corrected chi connectivity index (χ2v) is 9.65. The Morgan fingerprint density at radius 1 is 1.28 bits per heavy atom. The number of carbonyl (C=O) groups excluding carboxylic acids is 1. The number of aryl methyl sites for hydroxylation is 1. The van der Waals surface area contributed by atoms with Crippen LogP contribution in [0.3, 0.4) is 0 Å². The zero-order chi connectivity index (χ0) is 18.2. The summed E-state index contributed by atoms with van der Waals surface area (Å²) in [5.74, 6) is -0.559. The maximum absolute atomic E-state index is 13.3. The highest BCUT2D eigenvalue weighted by molar-refractivity contribution is 14.1. The van der Waals surface area contributed by atoms with Gasteiger partial charge in [-0.05, 0) is 53.1 Å². The van der Waals surface area contributed by atoms with Crippen molar-refractivity contribution in [1.82, 2.24) is 4.31 Å². The number of methoxy groups -OCH3 is 1. The Morgan fingerprint density at radius 2 is 1.96 bits per heavy atom. The highest BCUT2D eigenvalue weighted by Gasteiger charge is 2.44. The molecule has 1 aliphatic rings. The zero-order valence-electron chi connectivity index (χ0n) is 13.6. The lowest BCUT2D eigenvalue weighted by Gasteiger charge is -2.27. The molecule has 2 heterocycles. The summed E-state index contributed by atoms with van der Waals surface area (Å²) in [6, 6.07) is 9.45. The second-order valence-electron chi connectivity index (χ2n) is 5.59.